The van der Waals surface area contributed by atoms with E-state index < -0.39 is 11.8 Å². The van der Waals surface area contributed by atoms with E-state index in [4.69, 9.17) is 21.4 Å². The van der Waals surface area contributed by atoms with Gasteiger partial charge in [0.1, 0.15) is 17.2 Å². The van der Waals surface area contributed by atoms with Crippen LogP contribution >= 0.6 is 11.6 Å². The topological polar surface area (TPSA) is 87.7 Å². The molecule has 0 bridgehead atoms. The predicted molar refractivity (Wildman–Crippen MR) is 120 cm³/mol. The molecule has 0 fully saturated rings. The summed E-state index contributed by atoms with van der Waals surface area (Å²) < 4.78 is 5.76. The van der Waals surface area contributed by atoms with Crippen LogP contribution in [0.15, 0.2) is 84.6 Å². The van der Waals surface area contributed by atoms with Crippen LogP contribution in [0.4, 0.5) is 0 Å². The molecule has 3 aromatic rings. The Bertz CT molecular complexity index is 1070. The molecule has 0 aliphatic rings. The summed E-state index contributed by atoms with van der Waals surface area (Å²) in [5.41, 5.74) is 1.16. The smallest absolute Gasteiger partial charge is 0.267 e. The van der Waals surface area contributed by atoms with Crippen molar-refractivity contribution in [3.05, 3.63) is 101 Å². The van der Waals surface area contributed by atoms with Gasteiger partial charge in [-0.25, -0.2) is 0 Å². The molecule has 0 radical (unpaired) electrons. The van der Waals surface area contributed by atoms with Crippen molar-refractivity contribution in [3.63, 3.8) is 0 Å². The number of benzene rings is 3. The first-order valence-corrected chi connectivity index (χ1v) is 9.94. The Kier molecular flexibility index (Phi) is 7.81. The molecule has 6 nitrogen and oxygen atoms in total. The maximum atomic E-state index is 12.5. The van der Waals surface area contributed by atoms with E-state index in [-0.39, 0.29) is 18.8 Å². The molecule has 0 atom stereocenters. The zero-order valence-electron chi connectivity index (χ0n) is 16.5. The van der Waals surface area contributed by atoms with Crippen LogP contribution in [0.2, 0.25) is 5.02 Å². The highest BCUT2D eigenvalue weighted by Gasteiger charge is 2.14. The molecule has 0 saturated carbocycles. The summed E-state index contributed by atoms with van der Waals surface area (Å²) in [6.45, 7) is -0.137. The Morgan fingerprint density at radius 1 is 0.935 bits per heavy atom. The second-order valence-electron chi connectivity index (χ2n) is 6.46. The lowest BCUT2D eigenvalue weighted by Crippen LogP contribution is -2.36. The van der Waals surface area contributed by atoms with Gasteiger partial charge in [-0.2, -0.15) is 0 Å². The van der Waals surface area contributed by atoms with E-state index in [2.05, 4.69) is 10.6 Å². The van der Waals surface area contributed by atoms with Gasteiger partial charge in [0, 0.05) is 12.1 Å². The molecule has 3 aromatic carbocycles. The molecule has 7 heteroatoms. The molecular formula is C24H21ClN2O4. The quantitative estimate of drug-likeness (QED) is 0.465. The number of ether oxygens (including phenoxy) is 1. The molecule has 158 valence electrons. The zero-order valence-corrected chi connectivity index (χ0v) is 17.3. The van der Waals surface area contributed by atoms with Crippen molar-refractivity contribution in [1.82, 2.24) is 10.6 Å². The molecule has 3 N–H and O–H groups in total. The molecule has 3 rings (SSSR count). The van der Waals surface area contributed by atoms with Crippen molar-refractivity contribution >= 4 is 29.5 Å². The third-order valence-electron chi connectivity index (χ3n) is 4.18. The summed E-state index contributed by atoms with van der Waals surface area (Å²) in [7, 11) is 0. The molecule has 0 saturated heterocycles. The Balaban J connectivity index is 1.79. The number of carbonyl (C=O) groups is 2. The largest absolute Gasteiger partial charge is 0.456 e. The molecule has 0 aliphatic heterocycles. The molecule has 31 heavy (non-hydrogen) atoms. The van der Waals surface area contributed by atoms with Crippen molar-refractivity contribution in [2.45, 2.75) is 0 Å². The number of hydrogen-bond acceptors (Lipinski definition) is 4. The Labute approximate surface area is 185 Å². The first kappa shape index (κ1) is 22.1. The number of amides is 2. The van der Waals surface area contributed by atoms with Crippen molar-refractivity contribution in [1.29, 1.82) is 0 Å². The van der Waals surface area contributed by atoms with Gasteiger partial charge < -0.3 is 20.5 Å². The molecular weight excluding hydrogens is 416 g/mol. The Hall–Kier alpha value is -3.61. The minimum atomic E-state index is -0.505. The van der Waals surface area contributed by atoms with E-state index >= 15 is 0 Å². The SMILES string of the molecule is O=C(NCCO)/C(=C/c1ccc(Oc2ccccc2Cl)cc1)NC(=O)c1ccccc1. The van der Waals surface area contributed by atoms with Crippen molar-refractivity contribution in [3.8, 4) is 11.5 Å². The average Bonchev–Trinajstić information content (AvgIpc) is 2.80. The fourth-order valence-electron chi connectivity index (χ4n) is 2.66. The van der Waals surface area contributed by atoms with Crippen LogP contribution in [0.3, 0.4) is 0 Å². The average molecular weight is 437 g/mol. The fraction of sp³-hybridized carbons (Fsp3) is 0.0833. The highest BCUT2D eigenvalue weighted by molar-refractivity contribution is 6.32. The van der Waals surface area contributed by atoms with Crippen molar-refractivity contribution in [2.75, 3.05) is 13.2 Å². The van der Waals surface area contributed by atoms with Crippen LogP contribution in [-0.4, -0.2) is 30.1 Å². The van der Waals surface area contributed by atoms with Gasteiger partial charge in [0.25, 0.3) is 11.8 Å². The number of para-hydroxylation sites is 1. The lowest BCUT2D eigenvalue weighted by Gasteiger charge is -2.11. The van der Waals surface area contributed by atoms with Crippen LogP contribution in [0.25, 0.3) is 6.08 Å². The second kappa shape index (κ2) is 11.0. The minimum Gasteiger partial charge on any atom is -0.456 e. The summed E-state index contributed by atoms with van der Waals surface area (Å²) in [5.74, 6) is 0.191. The van der Waals surface area contributed by atoms with Crippen LogP contribution in [0, 0.1) is 0 Å². The van der Waals surface area contributed by atoms with Gasteiger partial charge in [-0.05, 0) is 48.0 Å². The highest BCUT2D eigenvalue weighted by atomic mass is 35.5. The first-order valence-electron chi connectivity index (χ1n) is 9.56. The van der Waals surface area contributed by atoms with E-state index in [1.165, 1.54) is 0 Å². The van der Waals surface area contributed by atoms with Crippen LogP contribution in [-0.2, 0) is 4.79 Å². The second-order valence-corrected chi connectivity index (χ2v) is 6.87. The molecule has 0 heterocycles. The van der Waals surface area contributed by atoms with Gasteiger partial charge in [0.05, 0.1) is 11.6 Å². The lowest BCUT2D eigenvalue weighted by molar-refractivity contribution is -0.117. The number of aliphatic hydroxyl groups excluding tert-OH is 1. The van der Waals surface area contributed by atoms with E-state index in [9.17, 15) is 9.59 Å². The van der Waals surface area contributed by atoms with Crippen molar-refractivity contribution in [2.24, 2.45) is 0 Å². The monoisotopic (exact) mass is 436 g/mol. The molecule has 0 aromatic heterocycles. The first-order chi connectivity index (χ1) is 15.1. The predicted octanol–water partition coefficient (Wildman–Crippen LogP) is 4.01. The van der Waals surface area contributed by atoms with Gasteiger partial charge in [-0.15, -0.1) is 0 Å². The number of halogens is 1. The summed E-state index contributed by atoms with van der Waals surface area (Å²) in [6.07, 6.45) is 1.55. The standard InChI is InChI=1S/C24H21ClN2O4/c25-20-8-4-5-9-22(20)31-19-12-10-17(11-13-19)16-21(24(30)26-14-15-28)27-23(29)18-6-2-1-3-7-18/h1-13,16,28H,14-15H2,(H,26,30)(H,27,29)/b21-16-. The summed E-state index contributed by atoms with van der Waals surface area (Å²) in [5, 5.41) is 14.7. The Morgan fingerprint density at radius 3 is 2.29 bits per heavy atom. The number of carbonyl (C=O) groups excluding carboxylic acids is 2. The number of rotatable bonds is 8. The molecule has 0 spiro atoms. The third kappa shape index (κ3) is 6.44. The number of nitrogens with one attached hydrogen (secondary N) is 2. The summed E-state index contributed by atoms with van der Waals surface area (Å²) >= 11 is 6.11. The van der Waals surface area contributed by atoms with Crippen LogP contribution in [0.5, 0.6) is 11.5 Å². The lowest BCUT2D eigenvalue weighted by atomic mass is 10.1. The Morgan fingerprint density at radius 2 is 1.61 bits per heavy atom. The van der Waals surface area contributed by atoms with Gasteiger partial charge in [0.2, 0.25) is 0 Å². The summed E-state index contributed by atoms with van der Waals surface area (Å²) in [4.78, 5) is 25.0. The molecule has 0 unspecified atom stereocenters. The van der Waals surface area contributed by atoms with E-state index in [0.717, 1.165) is 0 Å². The van der Waals surface area contributed by atoms with Gasteiger partial charge in [0.15, 0.2) is 0 Å². The minimum absolute atomic E-state index is 0.0575. The van der Waals surface area contributed by atoms with E-state index in [1.54, 1.807) is 72.8 Å². The van der Waals surface area contributed by atoms with Gasteiger partial charge in [-0.1, -0.05) is 54.1 Å². The normalized spacial score (nSPS) is 11.0. The number of hydrogen-bond donors (Lipinski definition) is 3. The zero-order chi connectivity index (χ0) is 22.1. The maximum absolute atomic E-state index is 12.5. The van der Waals surface area contributed by atoms with E-state index in [0.29, 0.717) is 27.6 Å². The van der Waals surface area contributed by atoms with Crippen LogP contribution < -0.4 is 15.4 Å². The van der Waals surface area contributed by atoms with Crippen molar-refractivity contribution < 1.29 is 19.4 Å². The molecule has 2 amide bonds. The molecule has 0 aliphatic carbocycles. The van der Waals surface area contributed by atoms with Gasteiger partial charge >= 0.3 is 0 Å². The van der Waals surface area contributed by atoms with Crippen LogP contribution in [0.1, 0.15) is 15.9 Å². The maximum Gasteiger partial charge on any atom is 0.267 e. The number of aliphatic hydroxyl groups is 1. The highest BCUT2D eigenvalue weighted by Crippen LogP contribution is 2.29. The third-order valence-corrected chi connectivity index (χ3v) is 4.49. The fourth-order valence-corrected chi connectivity index (χ4v) is 2.83. The van der Waals surface area contributed by atoms with E-state index in [1.807, 2.05) is 12.1 Å². The summed E-state index contributed by atoms with van der Waals surface area (Å²) in [6, 6.07) is 22.7. The van der Waals surface area contributed by atoms with Gasteiger partial charge in [-0.3, -0.25) is 9.59 Å².